The van der Waals surface area contributed by atoms with Crippen LogP contribution in [-0.4, -0.2) is 16.7 Å². The number of nitrogens with zero attached hydrogens (tertiary/aromatic N) is 2. The maximum Gasteiger partial charge on any atom is 0.273 e. The Morgan fingerprint density at radius 1 is 1.30 bits per heavy atom. The summed E-state index contributed by atoms with van der Waals surface area (Å²) in [6, 6.07) is 9.79. The van der Waals surface area contributed by atoms with E-state index in [4.69, 9.17) is 23.1 Å². The zero-order valence-electron chi connectivity index (χ0n) is 10.4. The Labute approximate surface area is 120 Å². The molecular formula is C13H12ClN5O. The molecule has 0 unspecified atom stereocenters. The van der Waals surface area contributed by atoms with Crippen LogP contribution in [0.3, 0.4) is 0 Å². The molecule has 1 amide bonds. The quantitative estimate of drug-likeness (QED) is 0.343. The number of halogens is 1. The van der Waals surface area contributed by atoms with Crippen LogP contribution in [0.2, 0.25) is 5.02 Å². The Bertz CT molecular complexity index is 657. The summed E-state index contributed by atoms with van der Waals surface area (Å²) in [5.41, 5.74) is 14.7. The van der Waals surface area contributed by atoms with Gasteiger partial charge in [0.05, 0.1) is 5.56 Å². The highest BCUT2D eigenvalue weighted by Gasteiger charge is 2.10. The van der Waals surface area contributed by atoms with Crippen molar-refractivity contribution in [3.05, 3.63) is 58.9 Å². The molecule has 102 valence electrons. The van der Waals surface area contributed by atoms with Gasteiger partial charge in [-0.3, -0.25) is 9.78 Å². The number of anilines is 1. The Morgan fingerprint density at radius 3 is 2.80 bits per heavy atom. The van der Waals surface area contributed by atoms with E-state index in [-0.39, 0.29) is 11.4 Å². The number of nitrogens with one attached hydrogen (secondary N) is 1. The first-order valence-corrected chi connectivity index (χ1v) is 6.05. The van der Waals surface area contributed by atoms with Crippen LogP contribution < -0.4 is 16.9 Å². The van der Waals surface area contributed by atoms with Gasteiger partial charge in [-0.25, -0.2) is 5.43 Å². The first-order valence-electron chi connectivity index (χ1n) is 5.68. The molecule has 0 radical (unpaired) electrons. The smallest absolute Gasteiger partial charge is 0.273 e. The third-order valence-electron chi connectivity index (χ3n) is 2.47. The van der Waals surface area contributed by atoms with E-state index in [0.29, 0.717) is 16.4 Å². The van der Waals surface area contributed by atoms with Crippen LogP contribution in [0.25, 0.3) is 0 Å². The molecule has 6 nitrogen and oxygen atoms in total. The van der Waals surface area contributed by atoms with Gasteiger partial charge < -0.3 is 11.5 Å². The fourth-order valence-corrected chi connectivity index (χ4v) is 1.64. The minimum absolute atomic E-state index is 0.0968. The third-order valence-corrected chi connectivity index (χ3v) is 2.70. The minimum atomic E-state index is -0.496. The van der Waals surface area contributed by atoms with Crippen molar-refractivity contribution in [3.8, 4) is 0 Å². The standard InChI is InChI=1S/C13H12ClN5O/c14-8-4-5-10(15)9(7-8)13(20)19-18-12(16)11-3-1-2-6-17-11/h1-7H,15H2,(H2,16,18)(H,19,20). The van der Waals surface area contributed by atoms with Crippen molar-refractivity contribution < 1.29 is 4.79 Å². The lowest BCUT2D eigenvalue weighted by atomic mass is 10.2. The predicted octanol–water partition coefficient (Wildman–Crippen LogP) is 1.37. The molecule has 0 aliphatic carbocycles. The van der Waals surface area contributed by atoms with Crippen molar-refractivity contribution in [1.82, 2.24) is 10.4 Å². The lowest BCUT2D eigenvalue weighted by Crippen LogP contribution is -2.25. The number of hydrogen-bond donors (Lipinski definition) is 3. The zero-order chi connectivity index (χ0) is 14.5. The second kappa shape index (κ2) is 6.03. The van der Waals surface area contributed by atoms with E-state index in [9.17, 15) is 4.79 Å². The Balaban J connectivity index is 2.14. The van der Waals surface area contributed by atoms with Crippen LogP contribution in [-0.2, 0) is 0 Å². The van der Waals surface area contributed by atoms with Gasteiger partial charge in [-0.15, -0.1) is 0 Å². The van der Waals surface area contributed by atoms with Crippen LogP contribution in [0.4, 0.5) is 5.69 Å². The lowest BCUT2D eigenvalue weighted by Gasteiger charge is -2.05. The van der Waals surface area contributed by atoms with Gasteiger partial charge in [0, 0.05) is 16.9 Å². The Kier molecular flexibility index (Phi) is 4.17. The molecular weight excluding hydrogens is 278 g/mol. The molecule has 7 heteroatoms. The summed E-state index contributed by atoms with van der Waals surface area (Å²) in [7, 11) is 0. The summed E-state index contributed by atoms with van der Waals surface area (Å²) in [4.78, 5) is 15.9. The average molecular weight is 290 g/mol. The number of carbonyl (C=O) groups excluding carboxylic acids is 1. The fourth-order valence-electron chi connectivity index (χ4n) is 1.47. The Morgan fingerprint density at radius 2 is 2.10 bits per heavy atom. The zero-order valence-corrected chi connectivity index (χ0v) is 11.1. The molecule has 0 aliphatic heterocycles. The number of hydrogen-bond acceptors (Lipinski definition) is 4. The molecule has 0 spiro atoms. The number of benzene rings is 1. The van der Waals surface area contributed by atoms with Gasteiger partial charge in [0.25, 0.3) is 5.91 Å². The van der Waals surface area contributed by atoms with E-state index in [1.165, 1.54) is 6.07 Å². The van der Waals surface area contributed by atoms with E-state index >= 15 is 0 Å². The van der Waals surface area contributed by atoms with Gasteiger partial charge in [0.1, 0.15) is 5.69 Å². The Hall–Kier alpha value is -2.60. The maximum absolute atomic E-state index is 11.9. The SMILES string of the molecule is NC(=NNC(=O)c1cc(Cl)ccc1N)c1ccccn1. The number of hydrazone groups is 1. The van der Waals surface area contributed by atoms with Gasteiger partial charge in [0.2, 0.25) is 0 Å². The number of nitrogen functional groups attached to an aromatic ring is 1. The molecule has 0 atom stereocenters. The molecule has 0 saturated carbocycles. The van der Waals surface area contributed by atoms with E-state index in [2.05, 4.69) is 15.5 Å². The average Bonchev–Trinajstić information content (AvgIpc) is 2.47. The second-order valence-electron chi connectivity index (χ2n) is 3.88. The largest absolute Gasteiger partial charge is 0.398 e. The second-order valence-corrected chi connectivity index (χ2v) is 4.32. The molecule has 1 heterocycles. The van der Waals surface area contributed by atoms with E-state index in [1.807, 2.05) is 0 Å². The lowest BCUT2D eigenvalue weighted by molar-refractivity contribution is 0.0955. The van der Waals surface area contributed by atoms with Crippen LogP contribution in [0.1, 0.15) is 16.1 Å². The number of nitrogens with two attached hydrogens (primary N) is 2. The molecule has 1 aromatic carbocycles. The van der Waals surface area contributed by atoms with Crippen LogP contribution in [0.5, 0.6) is 0 Å². The highest BCUT2D eigenvalue weighted by atomic mass is 35.5. The molecule has 20 heavy (non-hydrogen) atoms. The van der Waals surface area contributed by atoms with Gasteiger partial charge in [-0.2, -0.15) is 5.10 Å². The third kappa shape index (κ3) is 3.24. The van der Waals surface area contributed by atoms with Crippen LogP contribution in [0.15, 0.2) is 47.7 Å². The highest BCUT2D eigenvalue weighted by Crippen LogP contribution is 2.17. The topological polar surface area (TPSA) is 106 Å². The summed E-state index contributed by atoms with van der Waals surface area (Å²) < 4.78 is 0. The number of carbonyl (C=O) groups is 1. The fraction of sp³-hybridized carbons (Fsp3) is 0. The summed E-state index contributed by atoms with van der Waals surface area (Å²) >= 11 is 5.81. The van der Waals surface area contributed by atoms with Gasteiger partial charge >= 0.3 is 0 Å². The molecule has 0 saturated heterocycles. The predicted molar refractivity (Wildman–Crippen MR) is 78.3 cm³/mol. The molecule has 1 aromatic heterocycles. The number of pyridine rings is 1. The normalized spacial score (nSPS) is 11.2. The van der Waals surface area contributed by atoms with Crippen molar-refractivity contribution >= 4 is 29.0 Å². The molecule has 2 aromatic rings. The molecule has 0 fully saturated rings. The minimum Gasteiger partial charge on any atom is -0.398 e. The number of aromatic nitrogens is 1. The first kappa shape index (κ1) is 13.8. The van der Waals surface area contributed by atoms with Crippen molar-refractivity contribution in [2.45, 2.75) is 0 Å². The van der Waals surface area contributed by atoms with Gasteiger partial charge in [-0.1, -0.05) is 17.7 Å². The summed E-state index contributed by atoms with van der Waals surface area (Å²) in [6.45, 7) is 0. The molecule has 0 bridgehead atoms. The number of amidine groups is 1. The van der Waals surface area contributed by atoms with E-state index < -0.39 is 5.91 Å². The van der Waals surface area contributed by atoms with Crippen molar-refractivity contribution in [3.63, 3.8) is 0 Å². The summed E-state index contributed by atoms with van der Waals surface area (Å²) in [5.74, 6) is -0.400. The van der Waals surface area contributed by atoms with Crippen LogP contribution in [0, 0.1) is 0 Å². The molecule has 2 rings (SSSR count). The van der Waals surface area contributed by atoms with Gasteiger partial charge in [-0.05, 0) is 30.3 Å². The number of amides is 1. The van der Waals surface area contributed by atoms with E-state index in [0.717, 1.165) is 0 Å². The van der Waals surface area contributed by atoms with Gasteiger partial charge in [0.15, 0.2) is 5.84 Å². The van der Waals surface area contributed by atoms with Crippen molar-refractivity contribution in [1.29, 1.82) is 0 Å². The first-order chi connectivity index (χ1) is 9.58. The van der Waals surface area contributed by atoms with Crippen LogP contribution >= 0.6 is 11.6 Å². The highest BCUT2D eigenvalue weighted by molar-refractivity contribution is 6.31. The molecule has 5 N–H and O–H groups in total. The van der Waals surface area contributed by atoms with E-state index in [1.54, 1.807) is 36.5 Å². The monoisotopic (exact) mass is 289 g/mol. The summed E-state index contributed by atoms with van der Waals surface area (Å²) in [6.07, 6.45) is 1.58. The number of rotatable bonds is 3. The maximum atomic E-state index is 11.9. The van der Waals surface area contributed by atoms with Crippen molar-refractivity contribution in [2.24, 2.45) is 10.8 Å². The van der Waals surface area contributed by atoms with Crippen molar-refractivity contribution in [2.75, 3.05) is 5.73 Å². The summed E-state index contributed by atoms with van der Waals surface area (Å²) in [5, 5.41) is 4.18. The molecule has 0 aliphatic rings.